The highest BCUT2D eigenvalue weighted by atomic mass is 32.1. The molecule has 4 aromatic rings. The van der Waals surface area contributed by atoms with Crippen LogP contribution in [0.4, 0.5) is 5.69 Å². The maximum absolute atomic E-state index is 5.51. The minimum Gasteiger partial charge on any atom is -0.454 e. The molecule has 138 valence electrons. The van der Waals surface area contributed by atoms with E-state index >= 15 is 0 Å². The van der Waals surface area contributed by atoms with Crippen LogP contribution in [0, 0.1) is 0 Å². The van der Waals surface area contributed by atoms with E-state index in [0.29, 0.717) is 11.7 Å². The number of ether oxygens (including phenoxy) is 2. The zero-order valence-electron chi connectivity index (χ0n) is 14.8. The summed E-state index contributed by atoms with van der Waals surface area (Å²) in [5, 5.41) is 9.05. The lowest BCUT2D eigenvalue weighted by Gasteiger charge is -2.14. The highest BCUT2D eigenvalue weighted by Crippen LogP contribution is 2.32. The zero-order chi connectivity index (χ0) is 18.9. The molecule has 0 amide bonds. The van der Waals surface area contributed by atoms with Crippen LogP contribution in [0.3, 0.4) is 0 Å². The highest BCUT2D eigenvalue weighted by Gasteiger charge is 2.13. The first kappa shape index (κ1) is 16.7. The average Bonchev–Trinajstić information content (AvgIpc) is 3.20. The van der Waals surface area contributed by atoms with Crippen LogP contribution in [0.1, 0.15) is 5.56 Å². The van der Waals surface area contributed by atoms with E-state index in [0.717, 1.165) is 44.6 Å². The highest BCUT2D eigenvalue weighted by molar-refractivity contribution is 7.80. The van der Waals surface area contributed by atoms with Gasteiger partial charge in [0, 0.05) is 29.7 Å². The molecule has 0 saturated heterocycles. The van der Waals surface area contributed by atoms with Crippen molar-refractivity contribution in [3.05, 3.63) is 66.5 Å². The number of rotatable bonds is 3. The maximum Gasteiger partial charge on any atom is 0.231 e. The van der Waals surface area contributed by atoms with Crippen molar-refractivity contribution in [3.63, 3.8) is 0 Å². The number of benzene rings is 2. The van der Waals surface area contributed by atoms with Crippen molar-refractivity contribution in [2.75, 3.05) is 12.1 Å². The number of pyridine rings is 2. The summed E-state index contributed by atoms with van der Waals surface area (Å²) in [5.41, 5.74) is 3.68. The second kappa shape index (κ2) is 6.94. The molecule has 2 aromatic carbocycles. The van der Waals surface area contributed by atoms with Gasteiger partial charge in [-0.05, 0) is 54.2 Å². The van der Waals surface area contributed by atoms with Gasteiger partial charge in [0.1, 0.15) is 0 Å². The molecule has 0 unspecified atom stereocenters. The van der Waals surface area contributed by atoms with Crippen LogP contribution in [0.5, 0.6) is 11.5 Å². The van der Waals surface area contributed by atoms with Crippen molar-refractivity contribution >= 4 is 44.8 Å². The van der Waals surface area contributed by atoms with Crippen molar-refractivity contribution in [1.82, 2.24) is 15.3 Å². The predicted molar refractivity (Wildman–Crippen MR) is 113 cm³/mol. The molecule has 1 aliphatic rings. The summed E-state index contributed by atoms with van der Waals surface area (Å²) in [6.45, 7) is 0.845. The largest absolute Gasteiger partial charge is 0.454 e. The Morgan fingerprint density at radius 2 is 1.79 bits per heavy atom. The van der Waals surface area contributed by atoms with Gasteiger partial charge in [-0.15, -0.1) is 0 Å². The summed E-state index contributed by atoms with van der Waals surface area (Å²) < 4.78 is 10.8. The number of anilines is 1. The normalized spacial score (nSPS) is 12.3. The lowest BCUT2D eigenvalue weighted by molar-refractivity contribution is 0.174. The Hall–Kier alpha value is -3.45. The monoisotopic (exact) mass is 388 g/mol. The molecule has 0 saturated carbocycles. The second-order valence-electron chi connectivity index (χ2n) is 6.39. The molecule has 6 nitrogen and oxygen atoms in total. The number of fused-ring (bicyclic) bond motifs is 4. The SMILES string of the molecule is S=C(NCc1ccc2c(c1)OCO2)Nc1cc2cccnc2c2ncccc12. The molecule has 7 heteroatoms. The molecule has 28 heavy (non-hydrogen) atoms. The lowest BCUT2D eigenvalue weighted by Crippen LogP contribution is -2.28. The fourth-order valence-corrected chi connectivity index (χ4v) is 3.46. The number of hydrogen-bond acceptors (Lipinski definition) is 5. The standard InChI is InChI=1S/C21H16N4O2S/c28-21(24-11-13-5-6-17-18(9-13)27-12-26-17)25-16-10-14-3-1-7-22-19(14)20-15(16)4-2-8-23-20/h1-10H,11-12H2,(H2,24,25,28). The van der Waals surface area contributed by atoms with Crippen molar-refractivity contribution in [2.45, 2.75) is 6.54 Å². The number of thiocarbonyl (C=S) groups is 1. The van der Waals surface area contributed by atoms with Gasteiger partial charge in [-0.25, -0.2) is 0 Å². The fourth-order valence-electron chi connectivity index (χ4n) is 3.28. The molecule has 0 bridgehead atoms. The molecular weight excluding hydrogens is 372 g/mol. The Kier molecular flexibility index (Phi) is 4.14. The van der Waals surface area contributed by atoms with Crippen LogP contribution < -0.4 is 20.1 Å². The van der Waals surface area contributed by atoms with Crippen LogP contribution >= 0.6 is 12.2 Å². The van der Waals surface area contributed by atoms with E-state index in [1.54, 1.807) is 12.4 Å². The first-order valence-corrected chi connectivity index (χ1v) is 9.24. The Bertz CT molecular complexity index is 1210. The van der Waals surface area contributed by atoms with Gasteiger partial charge in [0.2, 0.25) is 6.79 Å². The van der Waals surface area contributed by atoms with Gasteiger partial charge in [-0.2, -0.15) is 0 Å². The average molecular weight is 388 g/mol. The van der Waals surface area contributed by atoms with Crippen molar-refractivity contribution in [2.24, 2.45) is 0 Å². The zero-order valence-corrected chi connectivity index (χ0v) is 15.6. The summed E-state index contributed by atoms with van der Waals surface area (Å²) in [5.74, 6) is 1.53. The number of nitrogens with zero attached hydrogens (tertiary/aromatic N) is 2. The first-order chi connectivity index (χ1) is 13.8. The van der Waals surface area contributed by atoms with E-state index in [9.17, 15) is 0 Å². The number of hydrogen-bond donors (Lipinski definition) is 2. The first-order valence-electron chi connectivity index (χ1n) is 8.84. The predicted octanol–water partition coefficient (Wildman–Crippen LogP) is 4.00. The lowest BCUT2D eigenvalue weighted by atomic mass is 10.1. The fraction of sp³-hybridized carbons (Fsp3) is 0.0952. The Morgan fingerprint density at radius 3 is 2.71 bits per heavy atom. The van der Waals surface area contributed by atoms with Crippen molar-refractivity contribution < 1.29 is 9.47 Å². The van der Waals surface area contributed by atoms with Crippen LogP contribution in [-0.4, -0.2) is 21.9 Å². The van der Waals surface area contributed by atoms with Crippen LogP contribution in [-0.2, 0) is 6.54 Å². The van der Waals surface area contributed by atoms with Gasteiger partial charge in [0.25, 0.3) is 0 Å². The van der Waals surface area contributed by atoms with Gasteiger partial charge < -0.3 is 20.1 Å². The molecule has 2 N–H and O–H groups in total. The smallest absolute Gasteiger partial charge is 0.231 e. The van der Waals surface area contributed by atoms with E-state index < -0.39 is 0 Å². The van der Waals surface area contributed by atoms with Crippen molar-refractivity contribution in [3.8, 4) is 11.5 Å². The number of aromatic nitrogens is 2. The second-order valence-corrected chi connectivity index (χ2v) is 6.80. The maximum atomic E-state index is 5.51. The van der Waals surface area contributed by atoms with Crippen LogP contribution in [0.15, 0.2) is 60.9 Å². The summed E-state index contributed by atoms with van der Waals surface area (Å²) in [6.07, 6.45) is 3.55. The van der Waals surface area contributed by atoms with E-state index in [1.165, 1.54) is 0 Å². The summed E-state index contributed by atoms with van der Waals surface area (Å²) in [6, 6.07) is 15.8. The Labute approximate surface area is 166 Å². The van der Waals surface area contributed by atoms with Crippen LogP contribution in [0.25, 0.3) is 21.8 Å². The quantitative estimate of drug-likeness (QED) is 0.406. The molecular formula is C21H16N4O2S. The molecule has 3 heterocycles. The molecule has 5 rings (SSSR count). The third-order valence-electron chi connectivity index (χ3n) is 4.60. The van der Waals surface area contributed by atoms with Crippen LogP contribution in [0.2, 0.25) is 0 Å². The molecule has 0 spiro atoms. The summed E-state index contributed by atoms with van der Waals surface area (Å²) in [7, 11) is 0. The Balaban J connectivity index is 1.38. The third kappa shape index (κ3) is 3.05. The third-order valence-corrected chi connectivity index (χ3v) is 4.85. The minimum atomic E-state index is 0.268. The van der Waals surface area contributed by atoms with Gasteiger partial charge in [0.05, 0.1) is 16.7 Å². The van der Waals surface area contributed by atoms with Gasteiger partial charge in [0.15, 0.2) is 16.6 Å². The van der Waals surface area contributed by atoms with E-state index in [4.69, 9.17) is 21.7 Å². The molecule has 0 aliphatic carbocycles. The van der Waals surface area contributed by atoms with Gasteiger partial charge >= 0.3 is 0 Å². The molecule has 1 aliphatic heterocycles. The van der Waals surface area contributed by atoms with Gasteiger partial charge in [-0.1, -0.05) is 12.1 Å². The number of nitrogens with one attached hydrogen (secondary N) is 2. The summed E-state index contributed by atoms with van der Waals surface area (Å²) >= 11 is 5.51. The topological polar surface area (TPSA) is 68.3 Å². The van der Waals surface area contributed by atoms with E-state index in [1.807, 2.05) is 48.5 Å². The van der Waals surface area contributed by atoms with Crippen molar-refractivity contribution in [1.29, 1.82) is 0 Å². The van der Waals surface area contributed by atoms with Gasteiger partial charge in [-0.3, -0.25) is 9.97 Å². The molecule has 0 radical (unpaired) electrons. The van der Waals surface area contributed by atoms with E-state index in [-0.39, 0.29) is 6.79 Å². The molecule has 2 aromatic heterocycles. The summed E-state index contributed by atoms with van der Waals surface area (Å²) in [4.78, 5) is 8.99. The molecule has 0 fully saturated rings. The minimum absolute atomic E-state index is 0.268. The Morgan fingerprint density at radius 1 is 0.964 bits per heavy atom. The van der Waals surface area contributed by atoms with E-state index in [2.05, 4.69) is 20.6 Å². The molecule has 0 atom stereocenters.